The molecule has 1 unspecified atom stereocenters. The lowest BCUT2D eigenvalue weighted by Gasteiger charge is -2.40. The number of piperazine rings is 2. The molecule has 0 saturated carbocycles. The number of nitrogens with zero attached hydrogens (tertiary/aromatic N) is 3. The highest BCUT2D eigenvalue weighted by molar-refractivity contribution is 5.82. The lowest BCUT2D eigenvalue weighted by molar-refractivity contribution is -0.135. The van der Waals surface area contributed by atoms with Crippen LogP contribution in [-0.4, -0.2) is 73.6 Å². The summed E-state index contributed by atoms with van der Waals surface area (Å²) in [7, 11) is 0. The first-order valence-electron chi connectivity index (χ1n) is 8.71. The Morgan fingerprint density at radius 2 is 1.78 bits per heavy atom. The van der Waals surface area contributed by atoms with Crippen LogP contribution in [0.2, 0.25) is 0 Å². The second-order valence-electron chi connectivity index (χ2n) is 6.74. The SMILES string of the molecule is CC(C)N1CCNC(C(=O)N2CCN(c3ccccc3)CC2)C1. The standard InChI is InChI=1S/C18H28N4O/c1-15(2)22-9-8-19-17(14-22)18(23)21-12-10-20(11-13-21)16-6-4-3-5-7-16/h3-7,15,17,19H,8-14H2,1-2H3. The van der Waals surface area contributed by atoms with Crippen LogP contribution in [0.3, 0.4) is 0 Å². The fourth-order valence-electron chi connectivity index (χ4n) is 3.45. The topological polar surface area (TPSA) is 38.8 Å². The summed E-state index contributed by atoms with van der Waals surface area (Å²) in [5.41, 5.74) is 1.25. The molecular weight excluding hydrogens is 288 g/mol. The van der Waals surface area contributed by atoms with Gasteiger partial charge in [0.2, 0.25) is 5.91 Å². The third kappa shape index (κ3) is 3.85. The van der Waals surface area contributed by atoms with Gasteiger partial charge in [-0.15, -0.1) is 0 Å². The molecule has 1 aromatic carbocycles. The Bertz CT molecular complexity index is 511. The third-order valence-corrected chi connectivity index (χ3v) is 4.95. The Labute approximate surface area is 139 Å². The van der Waals surface area contributed by atoms with Crippen LogP contribution in [0.15, 0.2) is 30.3 Å². The van der Waals surface area contributed by atoms with Crippen LogP contribution in [-0.2, 0) is 4.79 Å². The number of hydrogen-bond acceptors (Lipinski definition) is 4. The van der Waals surface area contributed by atoms with E-state index < -0.39 is 0 Å². The summed E-state index contributed by atoms with van der Waals surface area (Å²) in [6.45, 7) is 10.6. The smallest absolute Gasteiger partial charge is 0.241 e. The van der Waals surface area contributed by atoms with Gasteiger partial charge in [0.25, 0.3) is 0 Å². The van der Waals surface area contributed by atoms with Crippen molar-refractivity contribution in [3.63, 3.8) is 0 Å². The summed E-state index contributed by atoms with van der Waals surface area (Å²) in [4.78, 5) is 19.6. The van der Waals surface area contributed by atoms with Crippen LogP contribution < -0.4 is 10.2 Å². The molecule has 2 heterocycles. The van der Waals surface area contributed by atoms with Crippen LogP contribution >= 0.6 is 0 Å². The van der Waals surface area contributed by atoms with E-state index in [9.17, 15) is 4.79 Å². The van der Waals surface area contributed by atoms with E-state index in [1.54, 1.807) is 0 Å². The Morgan fingerprint density at radius 1 is 1.09 bits per heavy atom. The molecule has 5 heteroatoms. The van der Waals surface area contributed by atoms with Gasteiger partial charge in [-0.1, -0.05) is 18.2 Å². The molecule has 0 aliphatic carbocycles. The van der Waals surface area contributed by atoms with E-state index in [2.05, 4.69) is 53.2 Å². The maximum atomic E-state index is 12.8. The van der Waals surface area contributed by atoms with Gasteiger partial charge in [0, 0.05) is 57.5 Å². The van der Waals surface area contributed by atoms with Crippen LogP contribution in [0.1, 0.15) is 13.8 Å². The monoisotopic (exact) mass is 316 g/mol. The number of carbonyl (C=O) groups is 1. The molecule has 2 aliphatic heterocycles. The first-order chi connectivity index (χ1) is 11.1. The molecule has 2 saturated heterocycles. The summed E-state index contributed by atoms with van der Waals surface area (Å²) >= 11 is 0. The van der Waals surface area contributed by atoms with Crippen molar-refractivity contribution in [1.82, 2.24) is 15.1 Å². The van der Waals surface area contributed by atoms with E-state index in [-0.39, 0.29) is 11.9 Å². The van der Waals surface area contributed by atoms with Crippen LogP contribution in [0.5, 0.6) is 0 Å². The zero-order valence-electron chi connectivity index (χ0n) is 14.2. The largest absolute Gasteiger partial charge is 0.368 e. The first-order valence-corrected chi connectivity index (χ1v) is 8.71. The second kappa shape index (κ2) is 7.32. The minimum atomic E-state index is -0.0468. The molecule has 1 N–H and O–H groups in total. The molecular formula is C18H28N4O. The van der Waals surface area contributed by atoms with Gasteiger partial charge in [0.15, 0.2) is 0 Å². The number of rotatable bonds is 3. The number of benzene rings is 1. The fraction of sp³-hybridized carbons (Fsp3) is 0.611. The van der Waals surface area contributed by atoms with Crippen molar-refractivity contribution in [2.24, 2.45) is 0 Å². The normalized spacial score (nSPS) is 23.3. The van der Waals surface area contributed by atoms with Gasteiger partial charge in [-0.05, 0) is 26.0 Å². The predicted octanol–water partition coefficient (Wildman–Crippen LogP) is 1.02. The summed E-state index contributed by atoms with van der Waals surface area (Å²) in [6, 6.07) is 10.9. The molecule has 0 bridgehead atoms. The van der Waals surface area contributed by atoms with E-state index in [4.69, 9.17) is 0 Å². The number of amides is 1. The maximum absolute atomic E-state index is 12.8. The summed E-state index contributed by atoms with van der Waals surface area (Å²) < 4.78 is 0. The molecule has 126 valence electrons. The number of para-hydroxylation sites is 1. The molecule has 0 radical (unpaired) electrons. The molecule has 0 aromatic heterocycles. The molecule has 1 amide bonds. The average molecular weight is 316 g/mol. The minimum Gasteiger partial charge on any atom is -0.368 e. The highest BCUT2D eigenvalue weighted by Gasteiger charge is 2.31. The molecule has 2 fully saturated rings. The molecule has 2 aliphatic rings. The molecule has 1 atom stereocenters. The number of carbonyl (C=O) groups excluding carboxylic acids is 1. The van der Waals surface area contributed by atoms with E-state index in [0.29, 0.717) is 6.04 Å². The van der Waals surface area contributed by atoms with E-state index >= 15 is 0 Å². The lowest BCUT2D eigenvalue weighted by Crippen LogP contribution is -2.61. The van der Waals surface area contributed by atoms with Gasteiger partial charge in [0.05, 0.1) is 6.04 Å². The zero-order chi connectivity index (χ0) is 16.2. The van der Waals surface area contributed by atoms with E-state index in [1.807, 2.05) is 11.0 Å². The molecule has 3 rings (SSSR count). The molecule has 23 heavy (non-hydrogen) atoms. The second-order valence-corrected chi connectivity index (χ2v) is 6.74. The highest BCUT2D eigenvalue weighted by Crippen LogP contribution is 2.16. The summed E-state index contributed by atoms with van der Waals surface area (Å²) in [6.07, 6.45) is 0. The predicted molar refractivity (Wildman–Crippen MR) is 93.7 cm³/mol. The molecule has 1 aromatic rings. The number of hydrogen-bond donors (Lipinski definition) is 1. The Hall–Kier alpha value is -1.59. The van der Waals surface area contributed by atoms with Gasteiger partial charge in [0.1, 0.15) is 0 Å². The van der Waals surface area contributed by atoms with Crippen molar-refractivity contribution in [2.75, 3.05) is 50.7 Å². The zero-order valence-corrected chi connectivity index (χ0v) is 14.2. The van der Waals surface area contributed by atoms with Crippen molar-refractivity contribution in [2.45, 2.75) is 25.9 Å². The summed E-state index contributed by atoms with van der Waals surface area (Å²) in [5.74, 6) is 0.267. The van der Waals surface area contributed by atoms with Gasteiger partial charge in [-0.3, -0.25) is 9.69 Å². The average Bonchev–Trinajstić information content (AvgIpc) is 2.62. The van der Waals surface area contributed by atoms with Crippen LogP contribution in [0, 0.1) is 0 Å². The van der Waals surface area contributed by atoms with Crippen molar-refractivity contribution in [3.8, 4) is 0 Å². The van der Waals surface area contributed by atoms with Crippen LogP contribution in [0.25, 0.3) is 0 Å². The highest BCUT2D eigenvalue weighted by atomic mass is 16.2. The Kier molecular flexibility index (Phi) is 5.18. The summed E-state index contributed by atoms with van der Waals surface area (Å²) in [5, 5.41) is 3.40. The minimum absolute atomic E-state index is 0.0468. The first kappa shape index (κ1) is 16.3. The van der Waals surface area contributed by atoms with E-state index in [1.165, 1.54) is 5.69 Å². The van der Waals surface area contributed by atoms with Crippen molar-refractivity contribution in [3.05, 3.63) is 30.3 Å². The Morgan fingerprint density at radius 3 is 2.43 bits per heavy atom. The third-order valence-electron chi connectivity index (χ3n) is 4.95. The lowest BCUT2D eigenvalue weighted by atomic mass is 10.1. The maximum Gasteiger partial charge on any atom is 0.241 e. The van der Waals surface area contributed by atoms with Gasteiger partial charge < -0.3 is 15.1 Å². The van der Waals surface area contributed by atoms with Crippen molar-refractivity contribution >= 4 is 11.6 Å². The van der Waals surface area contributed by atoms with Gasteiger partial charge in [-0.2, -0.15) is 0 Å². The van der Waals surface area contributed by atoms with Crippen molar-refractivity contribution < 1.29 is 4.79 Å². The fourth-order valence-corrected chi connectivity index (χ4v) is 3.45. The van der Waals surface area contributed by atoms with Crippen molar-refractivity contribution in [1.29, 1.82) is 0 Å². The quantitative estimate of drug-likeness (QED) is 0.904. The molecule has 0 spiro atoms. The van der Waals surface area contributed by atoms with E-state index in [0.717, 1.165) is 45.8 Å². The van der Waals surface area contributed by atoms with Gasteiger partial charge in [-0.25, -0.2) is 0 Å². The van der Waals surface area contributed by atoms with Gasteiger partial charge >= 0.3 is 0 Å². The number of anilines is 1. The molecule has 5 nitrogen and oxygen atoms in total. The Balaban J connectivity index is 1.54. The van der Waals surface area contributed by atoms with Crippen LogP contribution in [0.4, 0.5) is 5.69 Å². The number of nitrogens with one attached hydrogen (secondary N) is 1.